The first-order valence-corrected chi connectivity index (χ1v) is 6.73. The van der Waals surface area contributed by atoms with Crippen molar-refractivity contribution in [2.75, 3.05) is 19.7 Å². The van der Waals surface area contributed by atoms with E-state index in [2.05, 4.69) is 11.4 Å². The highest BCUT2D eigenvalue weighted by Crippen LogP contribution is 2.20. The molecule has 0 spiro atoms. The summed E-state index contributed by atoms with van der Waals surface area (Å²) in [6.07, 6.45) is 4.88. The predicted octanol–water partition coefficient (Wildman–Crippen LogP) is 2.72. The van der Waals surface area contributed by atoms with Gasteiger partial charge in [-0.1, -0.05) is 12.1 Å². The zero-order valence-corrected chi connectivity index (χ0v) is 10.7. The summed E-state index contributed by atoms with van der Waals surface area (Å²) in [6.45, 7) is 3.02. The molecule has 1 aliphatic rings. The molecule has 0 aliphatic carbocycles. The second-order valence-corrected chi connectivity index (χ2v) is 4.79. The molecule has 3 nitrogen and oxygen atoms in total. The summed E-state index contributed by atoms with van der Waals surface area (Å²) in [6, 6.07) is 9.58. The smallest absolute Gasteiger partial charge is 0.137 e. The molecule has 1 heterocycles. The Morgan fingerprint density at radius 1 is 1.28 bits per heavy atom. The van der Waals surface area contributed by atoms with Crippen molar-refractivity contribution in [1.29, 1.82) is 5.26 Å². The van der Waals surface area contributed by atoms with Gasteiger partial charge in [-0.25, -0.2) is 0 Å². The Hall–Kier alpha value is -1.53. The monoisotopic (exact) mass is 244 g/mol. The lowest BCUT2D eigenvalue weighted by atomic mass is 9.93. The predicted molar refractivity (Wildman–Crippen MR) is 71.5 cm³/mol. The number of piperidine rings is 1. The molecule has 1 aromatic rings. The summed E-state index contributed by atoms with van der Waals surface area (Å²) in [5, 5.41) is 12.3. The van der Waals surface area contributed by atoms with Crippen molar-refractivity contribution in [2.24, 2.45) is 5.92 Å². The van der Waals surface area contributed by atoms with E-state index in [0.717, 1.165) is 25.4 Å². The quantitative estimate of drug-likeness (QED) is 0.810. The molecule has 0 saturated carbocycles. The van der Waals surface area contributed by atoms with Gasteiger partial charge in [-0.3, -0.25) is 0 Å². The van der Waals surface area contributed by atoms with E-state index in [1.165, 1.54) is 19.3 Å². The minimum absolute atomic E-state index is 0.624. The zero-order valence-electron chi connectivity index (χ0n) is 10.7. The van der Waals surface area contributed by atoms with E-state index in [9.17, 15) is 0 Å². The van der Waals surface area contributed by atoms with Gasteiger partial charge in [0, 0.05) is 0 Å². The number of para-hydroxylation sites is 1. The maximum atomic E-state index is 8.94. The molecule has 0 amide bonds. The fraction of sp³-hybridized carbons (Fsp3) is 0.533. The molecule has 3 heteroatoms. The molecule has 1 aromatic carbocycles. The van der Waals surface area contributed by atoms with Crippen molar-refractivity contribution in [2.45, 2.75) is 25.7 Å². The van der Waals surface area contributed by atoms with Gasteiger partial charge in [0.25, 0.3) is 0 Å². The van der Waals surface area contributed by atoms with Gasteiger partial charge in [0.1, 0.15) is 11.8 Å². The van der Waals surface area contributed by atoms with Crippen LogP contribution in [-0.4, -0.2) is 19.7 Å². The number of nitriles is 1. The third kappa shape index (κ3) is 3.75. The molecular formula is C15H20N2O. The minimum atomic E-state index is 0.624. The fourth-order valence-corrected chi connectivity index (χ4v) is 2.41. The number of hydrogen-bond donors (Lipinski definition) is 1. The van der Waals surface area contributed by atoms with E-state index in [0.29, 0.717) is 17.9 Å². The van der Waals surface area contributed by atoms with Crippen LogP contribution in [0.2, 0.25) is 0 Å². The first-order valence-electron chi connectivity index (χ1n) is 6.73. The van der Waals surface area contributed by atoms with Crippen LogP contribution >= 0.6 is 0 Å². The SMILES string of the molecule is N#Cc1ccccc1OCCCC1CCNCC1. The van der Waals surface area contributed by atoms with Crippen LogP contribution in [0.3, 0.4) is 0 Å². The number of nitrogens with one attached hydrogen (secondary N) is 1. The highest BCUT2D eigenvalue weighted by Gasteiger charge is 2.12. The van der Waals surface area contributed by atoms with Gasteiger partial charge in [-0.2, -0.15) is 5.26 Å². The molecule has 2 rings (SSSR count). The van der Waals surface area contributed by atoms with Crippen LogP contribution in [0.25, 0.3) is 0 Å². The first kappa shape index (κ1) is 12.9. The second kappa shape index (κ2) is 7.03. The molecule has 1 aliphatic heterocycles. The Kier molecular flexibility index (Phi) is 5.04. The van der Waals surface area contributed by atoms with Crippen LogP contribution in [0.15, 0.2) is 24.3 Å². The van der Waals surface area contributed by atoms with Crippen LogP contribution in [0.5, 0.6) is 5.75 Å². The molecule has 0 unspecified atom stereocenters. The van der Waals surface area contributed by atoms with Crippen molar-refractivity contribution in [3.63, 3.8) is 0 Å². The van der Waals surface area contributed by atoms with E-state index in [1.54, 1.807) is 6.07 Å². The van der Waals surface area contributed by atoms with Gasteiger partial charge in [-0.05, 0) is 56.8 Å². The van der Waals surface area contributed by atoms with E-state index < -0.39 is 0 Å². The molecule has 0 aromatic heterocycles. The van der Waals surface area contributed by atoms with Crippen molar-refractivity contribution < 1.29 is 4.74 Å². The minimum Gasteiger partial charge on any atom is -0.492 e. The van der Waals surface area contributed by atoms with E-state index in [1.807, 2.05) is 18.2 Å². The average Bonchev–Trinajstić information content (AvgIpc) is 2.45. The van der Waals surface area contributed by atoms with Gasteiger partial charge in [0.05, 0.1) is 12.2 Å². The van der Waals surface area contributed by atoms with Crippen LogP contribution in [0, 0.1) is 17.2 Å². The Balaban J connectivity index is 1.70. The highest BCUT2D eigenvalue weighted by atomic mass is 16.5. The molecule has 0 radical (unpaired) electrons. The molecule has 18 heavy (non-hydrogen) atoms. The zero-order chi connectivity index (χ0) is 12.6. The van der Waals surface area contributed by atoms with E-state index in [4.69, 9.17) is 10.00 Å². The Labute approximate surface area is 109 Å². The van der Waals surface area contributed by atoms with Gasteiger partial charge < -0.3 is 10.1 Å². The van der Waals surface area contributed by atoms with Gasteiger partial charge in [0.2, 0.25) is 0 Å². The van der Waals surface area contributed by atoms with Crippen LogP contribution < -0.4 is 10.1 Å². The third-order valence-corrected chi connectivity index (χ3v) is 3.48. The Bertz CT molecular complexity index is 405. The third-order valence-electron chi connectivity index (χ3n) is 3.48. The van der Waals surface area contributed by atoms with Crippen molar-refractivity contribution >= 4 is 0 Å². The topological polar surface area (TPSA) is 45.0 Å². The van der Waals surface area contributed by atoms with E-state index in [-0.39, 0.29) is 0 Å². The number of hydrogen-bond acceptors (Lipinski definition) is 3. The maximum Gasteiger partial charge on any atom is 0.137 e. The van der Waals surface area contributed by atoms with Crippen LogP contribution in [0.1, 0.15) is 31.2 Å². The van der Waals surface area contributed by atoms with Gasteiger partial charge >= 0.3 is 0 Å². The molecule has 1 N–H and O–H groups in total. The lowest BCUT2D eigenvalue weighted by molar-refractivity contribution is 0.273. The van der Waals surface area contributed by atoms with Crippen LogP contribution in [0.4, 0.5) is 0 Å². The lowest BCUT2D eigenvalue weighted by Crippen LogP contribution is -2.27. The number of ether oxygens (including phenoxy) is 1. The maximum absolute atomic E-state index is 8.94. The molecule has 1 saturated heterocycles. The lowest BCUT2D eigenvalue weighted by Gasteiger charge is -2.22. The number of benzene rings is 1. The first-order chi connectivity index (χ1) is 8.90. The van der Waals surface area contributed by atoms with Crippen molar-refractivity contribution in [3.05, 3.63) is 29.8 Å². The Morgan fingerprint density at radius 3 is 2.83 bits per heavy atom. The molecule has 96 valence electrons. The summed E-state index contributed by atoms with van der Waals surface area (Å²) in [5.41, 5.74) is 0.624. The molecule has 1 fully saturated rings. The summed E-state index contributed by atoms with van der Waals surface area (Å²) in [7, 11) is 0. The number of nitrogens with zero attached hydrogens (tertiary/aromatic N) is 1. The number of rotatable bonds is 5. The summed E-state index contributed by atoms with van der Waals surface area (Å²) < 4.78 is 5.68. The second-order valence-electron chi connectivity index (χ2n) is 4.79. The molecule has 0 bridgehead atoms. The molecule has 0 atom stereocenters. The average molecular weight is 244 g/mol. The summed E-state index contributed by atoms with van der Waals surface area (Å²) in [4.78, 5) is 0. The normalized spacial score (nSPS) is 16.2. The van der Waals surface area contributed by atoms with E-state index >= 15 is 0 Å². The van der Waals surface area contributed by atoms with Crippen molar-refractivity contribution in [1.82, 2.24) is 5.32 Å². The summed E-state index contributed by atoms with van der Waals surface area (Å²) >= 11 is 0. The largest absolute Gasteiger partial charge is 0.492 e. The highest BCUT2D eigenvalue weighted by molar-refractivity contribution is 5.42. The molecular weight excluding hydrogens is 224 g/mol. The standard InChI is InChI=1S/C15H20N2O/c16-12-14-5-1-2-6-15(14)18-11-3-4-13-7-9-17-10-8-13/h1-2,5-6,13,17H,3-4,7-11H2. The Morgan fingerprint density at radius 2 is 2.06 bits per heavy atom. The van der Waals surface area contributed by atoms with Crippen LogP contribution in [-0.2, 0) is 0 Å². The summed E-state index contributed by atoms with van der Waals surface area (Å²) in [5.74, 6) is 1.56. The van der Waals surface area contributed by atoms with Crippen molar-refractivity contribution in [3.8, 4) is 11.8 Å². The van der Waals surface area contributed by atoms with Gasteiger partial charge in [-0.15, -0.1) is 0 Å². The van der Waals surface area contributed by atoms with Gasteiger partial charge in [0.15, 0.2) is 0 Å². The fourth-order valence-electron chi connectivity index (χ4n) is 2.41.